The molecule has 0 saturated carbocycles. The van der Waals surface area contributed by atoms with Crippen LogP contribution in [0.4, 0.5) is 15.2 Å². The number of ether oxygens (including phenoxy) is 1. The Labute approximate surface area is 164 Å². The van der Waals surface area contributed by atoms with E-state index < -0.39 is 5.92 Å². The lowest BCUT2D eigenvalue weighted by Gasteiger charge is -2.16. The summed E-state index contributed by atoms with van der Waals surface area (Å²) >= 11 is 1.36. The summed E-state index contributed by atoms with van der Waals surface area (Å²) in [6, 6.07) is 11.3. The number of anilines is 2. The third-order valence-corrected chi connectivity index (χ3v) is 5.47. The first-order valence-corrected chi connectivity index (χ1v) is 9.75. The zero-order valence-corrected chi connectivity index (χ0v) is 16.0. The summed E-state index contributed by atoms with van der Waals surface area (Å²) in [6.07, 6.45) is 0.114. The largest absolute Gasteiger partial charge is 0.494 e. The minimum absolute atomic E-state index is 0.114. The van der Waals surface area contributed by atoms with Gasteiger partial charge in [-0.2, -0.15) is 0 Å². The van der Waals surface area contributed by atoms with Gasteiger partial charge in [-0.05, 0) is 49.4 Å². The van der Waals surface area contributed by atoms with Crippen molar-refractivity contribution < 1.29 is 18.7 Å². The van der Waals surface area contributed by atoms with Crippen molar-refractivity contribution in [2.75, 3.05) is 23.4 Å². The maximum atomic E-state index is 13.1. The minimum Gasteiger partial charge on any atom is -0.494 e. The molecular formula is C20H18FN3O3S. The summed E-state index contributed by atoms with van der Waals surface area (Å²) in [5.41, 5.74) is 1.37. The Hall–Kier alpha value is -3.00. The highest BCUT2D eigenvalue weighted by Crippen LogP contribution is 2.31. The molecule has 144 valence electrons. The molecule has 1 N–H and O–H groups in total. The molecule has 1 aromatic heterocycles. The number of amides is 2. The van der Waals surface area contributed by atoms with Gasteiger partial charge in [-0.3, -0.25) is 9.59 Å². The molecule has 2 aromatic carbocycles. The average Bonchev–Trinajstić information content (AvgIpc) is 3.25. The second kappa shape index (κ2) is 7.55. The first-order chi connectivity index (χ1) is 13.5. The number of carbonyl (C=O) groups is 2. The number of nitrogens with zero attached hydrogens (tertiary/aromatic N) is 2. The van der Waals surface area contributed by atoms with E-state index in [1.54, 1.807) is 0 Å². The third kappa shape index (κ3) is 3.68. The van der Waals surface area contributed by atoms with Crippen molar-refractivity contribution in [3.63, 3.8) is 0 Å². The van der Waals surface area contributed by atoms with Crippen LogP contribution in [0.1, 0.15) is 13.3 Å². The first-order valence-electron chi connectivity index (χ1n) is 8.93. The Morgan fingerprint density at radius 3 is 2.86 bits per heavy atom. The number of fused-ring (bicyclic) bond motifs is 1. The Kier molecular flexibility index (Phi) is 4.95. The molecule has 0 radical (unpaired) electrons. The number of halogens is 1. The van der Waals surface area contributed by atoms with Crippen LogP contribution in [-0.4, -0.2) is 29.9 Å². The van der Waals surface area contributed by atoms with Crippen LogP contribution in [-0.2, 0) is 9.59 Å². The lowest BCUT2D eigenvalue weighted by Crippen LogP contribution is -2.28. The maximum absolute atomic E-state index is 13.1. The van der Waals surface area contributed by atoms with Gasteiger partial charge < -0.3 is 15.0 Å². The number of benzene rings is 2. The molecule has 3 aromatic rings. The average molecular weight is 399 g/mol. The van der Waals surface area contributed by atoms with Crippen molar-refractivity contribution in [2.45, 2.75) is 13.3 Å². The molecule has 4 rings (SSSR count). The van der Waals surface area contributed by atoms with E-state index in [0.29, 0.717) is 17.4 Å². The number of rotatable bonds is 5. The summed E-state index contributed by atoms with van der Waals surface area (Å²) in [7, 11) is 0. The number of nitrogens with one attached hydrogen (secondary N) is 1. The van der Waals surface area contributed by atoms with Crippen molar-refractivity contribution in [3.05, 3.63) is 48.3 Å². The van der Waals surface area contributed by atoms with Gasteiger partial charge in [-0.25, -0.2) is 9.37 Å². The van der Waals surface area contributed by atoms with Crippen LogP contribution in [0.2, 0.25) is 0 Å². The van der Waals surface area contributed by atoms with Crippen molar-refractivity contribution in [1.82, 2.24) is 4.98 Å². The molecule has 0 bridgehead atoms. The molecule has 28 heavy (non-hydrogen) atoms. The molecule has 0 spiro atoms. The van der Waals surface area contributed by atoms with Crippen molar-refractivity contribution in [3.8, 4) is 5.75 Å². The van der Waals surface area contributed by atoms with Gasteiger partial charge in [0, 0.05) is 18.7 Å². The monoisotopic (exact) mass is 399 g/mol. The second-order valence-electron chi connectivity index (χ2n) is 6.45. The predicted molar refractivity (Wildman–Crippen MR) is 106 cm³/mol. The van der Waals surface area contributed by atoms with Gasteiger partial charge in [0.05, 0.1) is 22.7 Å². The number of aromatic nitrogens is 1. The van der Waals surface area contributed by atoms with Crippen molar-refractivity contribution >= 4 is 44.2 Å². The van der Waals surface area contributed by atoms with E-state index in [4.69, 9.17) is 4.74 Å². The summed E-state index contributed by atoms with van der Waals surface area (Å²) in [4.78, 5) is 30.9. The highest BCUT2D eigenvalue weighted by atomic mass is 32.1. The van der Waals surface area contributed by atoms with Gasteiger partial charge in [0.15, 0.2) is 5.13 Å². The molecule has 6 nitrogen and oxygen atoms in total. The quantitative estimate of drug-likeness (QED) is 0.708. The highest BCUT2D eigenvalue weighted by molar-refractivity contribution is 7.22. The van der Waals surface area contributed by atoms with Crippen LogP contribution in [0, 0.1) is 11.7 Å². The van der Waals surface area contributed by atoms with Crippen LogP contribution in [0.25, 0.3) is 10.2 Å². The van der Waals surface area contributed by atoms with Crippen LogP contribution in [0.5, 0.6) is 5.75 Å². The predicted octanol–water partition coefficient (Wildman–Crippen LogP) is 3.83. The van der Waals surface area contributed by atoms with Crippen molar-refractivity contribution in [2.24, 2.45) is 5.92 Å². The SMILES string of the molecule is CCOc1ccc2nc(NC(=O)C3CC(=O)N(c4ccc(F)cc4)C3)sc2c1. The van der Waals surface area contributed by atoms with Gasteiger partial charge in [0.2, 0.25) is 11.8 Å². The molecule has 1 saturated heterocycles. The van der Waals surface area contributed by atoms with Gasteiger partial charge in [-0.1, -0.05) is 11.3 Å². The Morgan fingerprint density at radius 1 is 1.32 bits per heavy atom. The zero-order valence-electron chi connectivity index (χ0n) is 15.1. The molecule has 2 heterocycles. The summed E-state index contributed by atoms with van der Waals surface area (Å²) < 4.78 is 19.5. The molecule has 2 amide bonds. The molecular weight excluding hydrogens is 381 g/mol. The summed E-state index contributed by atoms with van der Waals surface area (Å²) in [6.45, 7) is 2.75. The van der Waals surface area contributed by atoms with Crippen molar-refractivity contribution in [1.29, 1.82) is 0 Å². The number of carbonyl (C=O) groups excluding carboxylic acids is 2. The second-order valence-corrected chi connectivity index (χ2v) is 7.48. The van der Waals surface area contributed by atoms with Crippen LogP contribution < -0.4 is 15.0 Å². The van der Waals surface area contributed by atoms with E-state index in [-0.39, 0.29) is 30.6 Å². The lowest BCUT2D eigenvalue weighted by molar-refractivity contribution is -0.122. The fourth-order valence-electron chi connectivity index (χ4n) is 3.18. The zero-order chi connectivity index (χ0) is 19.7. The molecule has 8 heteroatoms. The Balaban J connectivity index is 1.45. The molecule has 1 unspecified atom stereocenters. The lowest BCUT2D eigenvalue weighted by atomic mass is 10.1. The number of hydrogen-bond donors (Lipinski definition) is 1. The first kappa shape index (κ1) is 18.4. The normalized spacial score (nSPS) is 16.6. The molecule has 1 aliphatic heterocycles. The molecule has 1 aliphatic rings. The highest BCUT2D eigenvalue weighted by Gasteiger charge is 2.35. The smallest absolute Gasteiger partial charge is 0.231 e. The van der Waals surface area contributed by atoms with Gasteiger partial charge in [0.1, 0.15) is 11.6 Å². The fourth-order valence-corrected chi connectivity index (χ4v) is 4.07. The molecule has 1 atom stereocenters. The maximum Gasteiger partial charge on any atom is 0.231 e. The van der Waals surface area contributed by atoms with E-state index in [1.807, 2.05) is 25.1 Å². The Bertz CT molecular complexity index is 1030. The van der Waals surface area contributed by atoms with E-state index in [9.17, 15) is 14.0 Å². The van der Waals surface area contributed by atoms with Crippen LogP contribution in [0.3, 0.4) is 0 Å². The van der Waals surface area contributed by atoms with Gasteiger partial charge in [0.25, 0.3) is 0 Å². The number of thiazole rings is 1. The summed E-state index contributed by atoms with van der Waals surface area (Å²) in [5.74, 6) is -0.496. The van der Waals surface area contributed by atoms with E-state index in [1.165, 1.54) is 40.5 Å². The van der Waals surface area contributed by atoms with E-state index in [0.717, 1.165) is 16.0 Å². The molecule has 1 fully saturated rings. The fraction of sp³-hybridized carbons (Fsp3) is 0.250. The van der Waals surface area contributed by atoms with Crippen LogP contribution in [0.15, 0.2) is 42.5 Å². The van der Waals surface area contributed by atoms with Gasteiger partial charge >= 0.3 is 0 Å². The van der Waals surface area contributed by atoms with E-state index >= 15 is 0 Å². The minimum atomic E-state index is -0.483. The molecule has 0 aliphatic carbocycles. The van der Waals surface area contributed by atoms with E-state index in [2.05, 4.69) is 10.3 Å². The topological polar surface area (TPSA) is 71.5 Å². The third-order valence-electron chi connectivity index (χ3n) is 4.54. The number of hydrogen-bond acceptors (Lipinski definition) is 5. The van der Waals surface area contributed by atoms with Gasteiger partial charge in [-0.15, -0.1) is 0 Å². The summed E-state index contributed by atoms with van der Waals surface area (Å²) in [5, 5.41) is 3.30. The standard InChI is InChI=1S/C20H18FN3O3S/c1-2-27-15-7-8-16-17(10-15)28-20(22-16)23-19(26)12-9-18(25)24(11-12)14-5-3-13(21)4-6-14/h3-8,10,12H,2,9,11H2,1H3,(H,22,23,26). The Morgan fingerprint density at radius 2 is 2.11 bits per heavy atom. The van der Waals surface area contributed by atoms with Crippen LogP contribution >= 0.6 is 11.3 Å².